The maximum atomic E-state index is 13.2. The fourth-order valence-electron chi connectivity index (χ4n) is 4.45. The second kappa shape index (κ2) is 9.76. The fourth-order valence-corrected chi connectivity index (χ4v) is 5.92. The van der Waals surface area contributed by atoms with Gasteiger partial charge >= 0.3 is 5.97 Å². The van der Waals surface area contributed by atoms with Gasteiger partial charge in [0.25, 0.3) is 0 Å². The van der Waals surface area contributed by atoms with E-state index in [2.05, 4.69) is 4.98 Å². The van der Waals surface area contributed by atoms with Gasteiger partial charge in [0.05, 0.1) is 18.1 Å². The van der Waals surface area contributed by atoms with Gasteiger partial charge in [-0.05, 0) is 81.5 Å². The van der Waals surface area contributed by atoms with Gasteiger partial charge in [-0.3, -0.25) is 4.79 Å². The number of hydrogen-bond acceptors (Lipinski definition) is 6. The number of nitrogens with zero attached hydrogens (tertiary/aromatic N) is 3. The molecular weight excluding hydrogens is 454 g/mol. The van der Waals surface area contributed by atoms with Crippen molar-refractivity contribution in [1.29, 1.82) is 0 Å². The minimum atomic E-state index is -3.58. The maximum Gasteiger partial charge on any atom is 0.325 e. The second-order valence-electron chi connectivity index (χ2n) is 8.93. The lowest BCUT2D eigenvalue weighted by molar-refractivity contribution is -0.141. The van der Waals surface area contributed by atoms with Gasteiger partial charge < -0.3 is 14.0 Å². The molecule has 0 N–H and O–H groups in total. The molecule has 3 heterocycles. The molecule has 0 atom stereocenters. The SMILES string of the molecule is COC(=O)Cn1cc(C2CCN(S(=O)(=O)c3ccc(OC(C)C)cc3)CC2)c2ccc(C)nc21. The van der Waals surface area contributed by atoms with E-state index in [-0.39, 0.29) is 29.4 Å². The number of hydrogen-bond donors (Lipinski definition) is 0. The first-order valence-electron chi connectivity index (χ1n) is 11.5. The molecule has 1 aromatic carbocycles. The molecule has 1 aliphatic heterocycles. The molecule has 0 aliphatic carbocycles. The van der Waals surface area contributed by atoms with E-state index in [0.717, 1.165) is 22.3 Å². The van der Waals surface area contributed by atoms with Crippen LogP contribution in [-0.4, -0.2) is 54.5 Å². The molecule has 2 aromatic heterocycles. The second-order valence-corrected chi connectivity index (χ2v) is 10.9. The van der Waals surface area contributed by atoms with E-state index < -0.39 is 10.0 Å². The molecule has 34 heavy (non-hydrogen) atoms. The molecule has 4 rings (SSSR count). The number of pyridine rings is 1. The molecule has 9 heteroatoms. The Morgan fingerprint density at radius 3 is 2.41 bits per heavy atom. The van der Waals surface area contributed by atoms with Crippen LogP contribution in [0, 0.1) is 6.92 Å². The zero-order valence-corrected chi connectivity index (χ0v) is 20.8. The summed E-state index contributed by atoms with van der Waals surface area (Å²) in [7, 11) is -2.21. The van der Waals surface area contributed by atoms with Crippen molar-refractivity contribution in [2.75, 3.05) is 20.2 Å². The Morgan fingerprint density at radius 1 is 1.12 bits per heavy atom. The van der Waals surface area contributed by atoms with E-state index in [1.165, 1.54) is 7.11 Å². The smallest absolute Gasteiger partial charge is 0.325 e. The van der Waals surface area contributed by atoms with Gasteiger partial charge in [-0.2, -0.15) is 4.31 Å². The number of ether oxygens (including phenoxy) is 2. The molecular formula is C25H31N3O5S. The van der Waals surface area contributed by atoms with E-state index in [4.69, 9.17) is 9.47 Å². The van der Waals surface area contributed by atoms with Gasteiger partial charge in [-0.25, -0.2) is 13.4 Å². The fraction of sp³-hybridized carbons (Fsp3) is 0.440. The number of sulfonamides is 1. The molecule has 0 amide bonds. The molecule has 0 spiro atoms. The van der Waals surface area contributed by atoms with Crippen molar-refractivity contribution < 1.29 is 22.7 Å². The van der Waals surface area contributed by atoms with Crippen molar-refractivity contribution in [3.63, 3.8) is 0 Å². The summed E-state index contributed by atoms with van der Waals surface area (Å²) in [6.45, 7) is 6.73. The summed E-state index contributed by atoms with van der Waals surface area (Å²) in [5.41, 5.74) is 2.71. The van der Waals surface area contributed by atoms with E-state index in [1.807, 2.05) is 43.7 Å². The number of carbonyl (C=O) groups is 1. The summed E-state index contributed by atoms with van der Waals surface area (Å²) in [6, 6.07) is 10.6. The summed E-state index contributed by atoms with van der Waals surface area (Å²) >= 11 is 0. The minimum absolute atomic E-state index is 0.0270. The van der Waals surface area contributed by atoms with E-state index >= 15 is 0 Å². The van der Waals surface area contributed by atoms with Crippen LogP contribution in [0.3, 0.4) is 0 Å². The zero-order valence-electron chi connectivity index (χ0n) is 20.0. The molecule has 3 aromatic rings. The Kier molecular flexibility index (Phi) is 6.95. The molecule has 182 valence electrons. The number of rotatable bonds is 7. The van der Waals surface area contributed by atoms with Gasteiger partial charge in [0, 0.05) is 30.4 Å². The number of esters is 1. The lowest BCUT2D eigenvalue weighted by atomic mass is 9.90. The predicted molar refractivity (Wildman–Crippen MR) is 129 cm³/mol. The summed E-state index contributed by atoms with van der Waals surface area (Å²) in [5.74, 6) is 0.497. The highest BCUT2D eigenvalue weighted by atomic mass is 32.2. The van der Waals surface area contributed by atoms with Crippen molar-refractivity contribution in [2.45, 2.75) is 57.1 Å². The number of aromatic nitrogens is 2. The number of piperidine rings is 1. The normalized spacial score (nSPS) is 15.7. The summed E-state index contributed by atoms with van der Waals surface area (Å²) in [5, 5.41) is 0.997. The Labute approximate surface area is 200 Å². The lowest BCUT2D eigenvalue weighted by Crippen LogP contribution is -2.37. The van der Waals surface area contributed by atoms with Crippen LogP contribution in [-0.2, 0) is 26.1 Å². The first-order chi connectivity index (χ1) is 16.2. The number of carbonyl (C=O) groups excluding carboxylic acids is 1. The first kappa shape index (κ1) is 24.2. The zero-order chi connectivity index (χ0) is 24.5. The minimum Gasteiger partial charge on any atom is -0.491 e. The van der Waals surface area contributed by atoms with Crippen molar-refractivity contribution in [2.24, 2.45) is 0 Å². The van der Waals surface area contributed by atoms with Gasteiger partial charge in [0.15, 0.2) is 0 Å². The Hall–Kier alpha value is -2.91. The van der Waals surface area contributed by atoms with Crippen LogP contribution >= 0.6 is 0 Å². The van der Waals surface area contributed by atoms with Crippen molar-refractivity contribution in [1.82, 2.24) is 13.9 Å². The predicted octanol–water partition coefficient (Wildman–Crippen LogP) is 3.87. The van der Waals surface area contributed by atoms with Crippen molar-refractivity contribution in [3.05, 3.63) is 53.9 Å². The van der Waals surface area contributed by atoms with Crippen LogP contribution in [0.2, 0.25) is 0 Å². The van der Waals surface area contributed by atoms with E-state index in [9.17, 15) is 13.2 Å². The van der Waals surface area contributed by atoms with E-state index in [0.29, 0.717) is 31.7 Å². The number of fused-ring (bicyclic) bond motifs is 1. The highest BCUT2D eigenvalue weighted by Crippen LogP contribution is 2.35. The molecule has 8 nitrogen and oxygen atoms in total. The largest absolute Gasteiger partial charge is 0.491 e. The van der Waals surface area contributed by atoms with Crippen LogP contribution in [0.25, 0.3) is 11.0 Å². The summed E-state index contributed by atoms with van der Waals surface area (Å²) < 4.78 is 40.2. The average Bonchev–Trinajstić information content (AvgIpc) is 3.16. The van der Waals surface area contributed by atoms with Crippen LogP contribution in [0.5, 0.6) is 5.75 Å². The monoisotopic (exact) mass is 485 g/mol. The molecule has 0 saturated carbocycles. The molecule has 0 radical (unpaired) electrons. The summed E-state index contributed by atoms with van der Waals surface area (Å²) in [6.07, 6.45) is 3.38. The first-order valence-corrected chi connectivity index (χ1v) is 12.9. The van der Waals surface area contributed by atoms with Crippen LogP contribution in [0.4, 0.5) is 0 Å². The highest BCUT2D eigenvalue weighted by molar-refractivity contribution is 7.89. The number of methoxy groups -OCH3 is 1. The van der Waals surface area contributed by atoms with E-state index in [1.54, 1.807) is 28.6 Å². The molecule has 1 aliphatic rings. The Morgan fingerprint density at radius 2 is 1.79 bits per heavy atom. The van der Waals surface area contributed by atoms with Gasteiger partial charge in [-0.1, -0.05) is 0 Å². The van der Waals surface area contributed by atoms with Gasteiger partial charge in [-0.15, -0.1) is 0 Å². The maximum absolute atomic E-state index is 13.2. The summed E-state index contributed by atoms with van der Waals surface area (Å²) in [4.78, 5) is 16.8. The van der Waals surface area contributed by atoms with Crippen LogP contribution in [0.1, 0.15) is 43.9 Å². The topological polar surface area (TPSA) is 90.7 Å². The Bertz CT molecular complexity index is 1270. The van der Waals surface area contributed by atoms with Gasteiger partial charge in [0.2, 0.25) is 10.0 Å². The standard InChI is InChI=1S/C25H31N3O5S/c1-17(2)33-20-6-8-21(9-7-20)34(30,31)28-13-11-19(12-14-28)23-15-27(16-24(29)32-4)25-22(23)10-5-18(3)26-25/h5-10,15,17,19H,11-14,16H2,1-4H3. The van der Waals surface area contributed by atoms with Crippen molar-refractivity contribution in [3.8, 4) is 5.75 Å². The Balaban J connectivity index is 1.52. The number of aryl methyl sites for hydroxylation is 1. The van der Waals surface area contributed by atoms with Crippen LogP contribution < -0.4 is 4.74 Å². The third-order valence-electron chi connectivity index (χ3n) is 6.15. The van der Waals surface area contributed by atoms with Crippen LogP contribution in [0.15, 0.2) is 47.5 Å². The van der Waals surface area contributed by atoms with Gasteiger partial charge in [0.1, 0.15) is 17.9 Å². The molecule has 1 saturated heterocycles. The third kappa shape index (κ3) is 4.95. The molecule has 0 unspecified atom stereocenters. The highest BCUT2D eigenvalue weighted by Gasteiger charge is 2.31. The third-order valence-corrected chi connectivity index (χ3v) is 8.06. The lowest BCUT2D eigenvalue weighted by Gasteiger charge is -2.31. The average molecular weight is 486 g/mol. The quantitative estimate of drug-likeness (QED) is 0.472. The molecule has 1 fully saturated rings. The number of benzene rings is 1. The van der Waals surface area contributed by atoms with Crippen molar-refractivity contribution >= 4 is 27.0 Å². The molecule has 0 bridgehead atoms.